The van der Waals surface area contributed by atoms with Gasteiger partial charge < -0.3 is 5.11 Å². The lowest BCUT2D eigenvalue weighted by molar-refractivity contribution is -0.0712. The second-order valence-corrected chi connectivity index (χ2v) is 8.86. The van der Waals surface area contributed by atoms with E-state index in [0.29, 0.717) is 0 Å². The van der Waals surface area contributed by atoms with Gasteiger partial charge in [-0.05, 0) is 76.2 Å². The fourth-order valence-corrected chi connectivity index (χ4v) is 5.36. The van der Waals surface area contributed by atoms with Crippen LogP contribution in [-0.2, 0) is 5.54 Å². The summed E-state index contributed by atoms with van der Waals surface area (Å²) in [7, 11) is 4.22. The number of halogens is 1. The summed E-state index contributed by atoms with van der Waals surface area (Å²) in [6.07, 6.45) is 7.43. The van der Waals surface area contributed by atoms with Gasteiger partial charge in [0.25, 0.3) is 0 Å². The van der Waals surface area contributed by atoms with Crippen LogP contribution in [0, 0.1) is 11.7 Å². The Morgan fingerprint density at radius 1 is 1.23 bits per heavy atom. The standard InChI is InChI=1S/C21H32FN3O/c1-24(2)21(17-7-4-8-18(22)13-17)11-9-20(10-12-21)15-23-19(26)25(20)14-16-5-3-6-16/h4,7-8,13,16,19,23,26H,3,5-6,9-12,14-15H2,1-2H3. The van der Waals surface area contributed by atoms with Gasteiger partial charge in [-0.25, -0.2) is 4.39 Å². The van der Waals surface area contributed by atoms with Crippen LogP contribution < -0.4 is 5.32 Å². The van der Waals surface area contributed by atoms with Crippen molar-refractivity contribution < 1.29 is 9.50 Å². The number of nitrogens with zero attached hydrogens (tertiary/aromatic N) is 2. The topological polar surface area (TPSA) is 38.7 Å². The van der Waals surface area contributed by atoms with Crippen molar-refractivity contribution in [3.05, 3.63) is 35.6 Å². The van der Waals surface area contributed by atoms with Gasteiger partial charge in [0.05, 0.1) is 0 Å². The second-order valence-electron chi connectivity index (χ2n) is 8.86. The Bertz CT molecular complexity index is 638. The van der Waals surface area contributed by atoms with Gasteiger partial charge in [-0.15, -0.1) is 0 Å². The lowest BCUT2D eigenvalue weighted by Crippen LogP contribution is -2.57. The molecule has 1 aliphatic heterocycles. The van der Waals surface area contributed by atoms with Gasteiger partial charge in [-0.2, -0.15) is 0 Å². The number of hydrogen-bond donors (Lipinski definition) is 2. The zero-order chi connectivity index (χ0) is 18.4. The quantitative estimate of drug-likeness (QED) is 0.865. The molecule has 1 saturated heterocycles. The first-order chi connectivity index (χ1) is 12.5. The van der Waals surface area contributed by atoms with E-state index in [-0.39, 0.29) is 16.9 Å². The van der Waals surface area contributed by atoms with E-state index in [1.807, 2.05) is 6.07 Å². The SMILES string of the molecule is CN(C)C1(c2cccc(F)c2)CCC2(CC1)CNC(O)N2CC1CCC1. The molecule has 5 heteroatoms. The molecule has 144 valence electrons. The van der Waals surface area contributed by atoms with E-state index in [1.54, 1.807) is 6.07 Å². The maximum atomic E-state index is 13.9. The molecule has 2 aliphatic carbocycles. The minimum Gasteiger partial charge on any atom is -0.365 e. The number of hydrogen-bond acceptors (Lipinski definition) is 4. The maximum Gasteiger partial charge on any atom is 0.163 e. The van der Waals surface area contributed by atoms with E-state index in [0.717, 1.165) is 50.3 Å². The molecular weight excluding hydrogens is 329 g/mol. The molecule has 2 N–H and O–H groups in total. The normalized spacial score (nSPS) is 36.0. The Kier molecular flexibility index (Phi) is 4.84. The predicted molar refractivity (Wildman–Crippen MR) is 101 cm³/mol. The third kappa shape index (κ3) is 2.99. The van der Waals surface area contributed by atoms with Crippen molar-refractivity contribution in [1.29, 1.82) is 0 Å². The molecule has 4 nitrogen and oxygen atoms in total. The zero-order valence-electron chi connectivity index (χ0n) is 16.0. The van der Waals surface area contributed by atoms with Gasteiger partial charge >= 0.3 is 0 Å². The largest absolute Gasteiger partial charge is 0.365 e. The molecule has 0 bridgehead atoms. The third-order valence-electron chi connectivity index (χ3n) is 7.42. The molecule has 0 radical (unpaired) electrons. The van der Waals surface area contributed by atoms with E-state index in [2.05, 4.69) is 35.3 Å². The minimum atomic E-state index is -0.517. The third-order valence-corrected chi connectivity index (χ3v) is 7.42. The maximum absolute atomic E-state index is 13.9. The van der Waals surface area contributed by atoms with Gasteiger partial charge in [-0.1, -0.05) is 18.6 Å². The summed E-state index contributed by atoms with van der Waals surface area (Å²) in [6, 6.07) is 7.11. The van der Waals surface area contributed by atoms with Crippen molar-refractivity contribution >= 4 is 0 Å². The molecule has 3 aliphatic rings. The number of aliphatic hydroxyl groups excluding tert-OH is 1. The second kappa shape index (κ2) is 6.86. The smallest absolute Gasteiger partial charge is 0.163 e. The van der Waals surface area contributed by atoms with Crippen molar-refractivity contribution in [1.82, 2.24) is 15.1 Å². The van der Waals surface area contributed by atoms with Crippen molar-refractivity contribution in [3.63, 3.8) is 0 Å². The highest BCUT2D eigenvalue weighted by Gasteiger charge is 2.52. The molecule has 2 saturated carbocycles. The fourth-order valence-electron chi connectivity index (χ4n) is 5.36. The summed E-state index contributed by atoms with van der Waals surface area (Å²) in [5.74, 6) is 0.582. The lowest BCUT2D eigenvalue weighted by atomic mass is 9.68. The van der Waals surface area contributed by atoms with E-state index in [4.69, 9.17) is 0 Å². The van der Waals surface area contributed by atoms with Gasteiger partial charge in [0.15, 0.2) is 6.35 Å². The number of nitrogens with one attached hydrogen (secondary N) is 1. The molecule has 1 aromatic rings. The summed E-state index contributed by atoms with van der Waals surface area (Å²) in [6.45, 7) is 1.86. The average Bonchev–Trinajstić information content (AvgIpc) is 2.88. The summed E-state index contributed by atoms with van der Waals surface area (Å²) >= 11 is 0. The van der Waals surface area contributed by atoms with E-state index in [1.165, 1.54) is 25.3 Å². The Hall–Kier alpha value is -1.01. The highest BCUT2D eigenvalue weighted by molar-refractivity contribution is 5.27. The molecular formula is C21H32FN3O. The highest BCUT2D eigenvalue weighted by atomic mass is 19.1. The van der Waals surface area contributed by atoms with Crippen LogP contribution in [0.2, 0.25) is 0 Å². The average molecular weight is 362 g/mol. The van der Waals surface area contributed by atoms with Crippen LogP contribution >= 0.6 is 0 Å². The first kappa shape index (κ1) is 18.4. The summed E-state index contributed by atoms with van der Waals surface area (Å²) in [5.41, 5.74) is 1.000. The number of rotatable bonds is 4. The van der Waals surface area contributed by atoms with Gasteiger partial charge in [0, 0.05) is 24.2 Å². The van der Waals surface area contributed by atoms with E-state index >= 15 is 0 Å². The van der Waals surface area contributed by atoms with Crippen LogP contribution in [0.15, 0.2) is 24.3 Å². The summed E-state index contributed by atoms with van der Waals surface area (Å²) < 4.78 is 13.9. The minimum absolute atomic E-state index is 0.0435. The molecule has 1 unspecified atom stereocenters. The molecule has 1 atom stereocenters. The molecule has 0 amide bonds. The first-order valence-electron chi connectivity index (χ1n) is 10.1. The number of aliphatic hydroxyl groups is 1. The van der Waals surface area contributed by atoms with Crippen LogP contribution in [0.4, 0.5) is 4.39 Å². The van der Waals surface area contributed by atoms with Crippen molar-refractivity contribution in [2.45, 2.75) is 62.4 Å². The zero-order valence-corrected chi connectivity index (χ0v) is 16.0. The van der Waals surface area contributed by atoms with Crippen molar-refractivity contribution in [3.8, 4) is 0 Å². The molecule has 26 heavy (non-hydrogen) atoms. The lowest BCUT2D eigenvalue weighted by Gasteiger charge is -2.52. The van der Waals surface area contributed by atoms with E-state index < -0.39 is 6.35 Å². The summed E-state index contributed by atoms with van der Waals surface area (Å²) in [4.78, 5) is 4.60. The van der Waals surface area contributed by atoms with Gasteiger partial charge in [-0.3, -0.25) is 15.1 Å². The van der Waals surface area contributed by atoms with Crippen LogP contribution in [0.25, 0.3) is 0 Å². The van der Waals surface area contributed by atoms with Crippen LogP contribution in [-0.4, -0.2) is 54.0 Å². The molecule has 4 rings (SSSR count). The monoisotopic (exact) mass is 361 g/mol. The molecule has 1 spiro atoms. The Balaban J connectivity index is 1.55. The Labute approximate surface area is 156 Å². The van der Waals surface area contributed by atoms with Gasteiger partial charge in [0.2, 0.25) is 0 Å². The first-order valence-corrected chi connectivity index (χ1v) is 10.1. The number of benzene rings is 1. The highest BCUT2D eigenvalue weighted by Crippen LogP contribution is 2.48. The fraction of sp³-hybridized carbons (Fsp3) is 0.714. The molecule has 3 fully saturated rings. The van der Waals surface area contributed by atoms with E-state index in [9.17, 15) is 9.50 Å². The van der Waals surface area contributed by atoms with Crippen molar-refractivity contribution in [2.75, 3.05) is 27.2 Å². The van der Waals surface area contributed by atoms with Gasteiger partial charge in [0.1, 0.15) is 5.82 Å². The Morgan fingerprint density at radius 2 is 1.96 bits per heavy atom. The van der Waals surface area contributed by atoms with Crippen molar-refractivity contribution in [2.24, 2.45) is 5.92 Å². The molecule has 1 heterocycles. The predicted octanol–water partition coefficient (Wildman–Crippen LogP) is 2.88. The Morgan fingerprint density at radius 3 is 2.54 bits per heavy atom. The van der Waals surface area contributed by atoms with Crippen LogP contribution in [0.3, 0.4) is 0 Å². The van der Waals surface area contributed by atoms with Crippen LogP contribution in [0.5, 0.6) is 0 Å². The van der Waals surface area contributed by atoms with Crippen LogP contribution in [0.1, 0.15) is 50.5 Å². The molecule has 0 aromatic heterocycles. The summed E-state index contributed by atoms with van der Waals surface area (Å²) in [5, 5.41) is 13.8. The molecule has 1 aromatic carbocycles.